The van der Waals surface area contributed by atoms with Crippen molar-refractivity contribution < 1.29 is 14.8 Å². The van der Waals surface area contributed by atoms with E-state index in [0.29, 0.717) is 11.1 Å². The number of nitrogens with zero attached hydrogens (tertiary/aromatic N) is 2. The predicted octanol–water partition coefficient (Wildman–Crippen LogP) is 2.83. The van der Waals surface area contributed by atoms with Crippen molar-refractivity contribution in [2.75, 3.05) is 0 Å². The van der Waals surface area contributed by atoms with Crippen LogP contribution in [-0.4, -0.2) is 16.0 Å². The van der Waals surface area contributed by atoms with Crippen LogP contribution >= 0.6 is 0 Å². The molecule has 2 aromatic rings. The van der Waals surface area contributed by atoms with E-state index in [1.807, 2.05) is 6.07 Å². The van der Waals surface area contributed by atoms with E-state index in [4.69, 9.17) is 5.26 Å². The van der Waals surface area contributed by atoms with Gasteiger partial charge in [-0.15, -0.1) is 0 Å². The van der Waals surface area contributed by atoms with E-state index >= 15 is 0 Å². The molecule has 0 bridgehead atoms. The quantitative estimate of drug-likeness (QED) is 0.680. The first-order valence-corrected chi connectivity index (χ1v) is 5.55. The zero-order valence-electron chi connectivity index (χ0n) is 10.1. The molecule has 6 nitrogen and oxygen atoms in total. The Morgan fingerprint density at radius 2 is 2.00 bits per heavy atom. The van der Waals surface area contributed by atoms with E-state index in [-0.39, 0.29) is 16.8 Å². The van der Waals surface area contributed by atoms with E-state index in [1.165, 1.54) is 36.4 Å². The smallest absolute Gasteiger partial charge is 0.336 e. The van der Waals surface area contributed by atoms with Gasteiger partial charge >= 0.3 is 5.97 Å². The van der Waals surface area contributed by atoms with Gasteiger partial charge in [0.05, 0.1) is 22.1 Å². The summed E-state index contributed by atoms with van der Waals surface area (Å²) in [6, 6.07) is 11.7. The fourth-order valence-electron chi connectivity index (χ4n) is 1.83. The Labute approximate surface area is 113 Å². The van der Waals surface area contributed by atoms with Gasteiger partial charge in [0.25, 0.3) is 5.69 Å². The lowest BCUT2D eigenvalue weighted by atomic mass is 9.97. The molecule has 20 heavy (non-hydrogen) atoms. The lowest BCUT2D eigenvalue weighted by Crippen LogP contribution is -2.00. The number of nitro groups is 1. The maximum atomic E-state index is 11.2. The van der Waals surface area contributed by atoms with Gasteiger partial charge in [-0.3, -0.25) is 10.1 Å². The summed E-state index contributed by atoms with van der Waals surface area (Å²) in [5.74, 6) is -1.19. The SMILES string of the molecule is N#Cc1ccc(-c2cccc([N+](=O)[O-])c2)c(C(=O)O)c1. The molecule has 98 valence electrons. The fourth-order valence-corrected chi connectivity index (χ4v) is 1.83. The highest BCUT2D eigenvalue weighted by Crippen LogP contribution is 2.27. The van der Waals surface area contributed by atoms with E-state index < -0.39 is 10.9 Å². The molecule has 0 radical (unpaired) electrons. The molecule has 0 aromatic heterocycles. The van der Waals surface area contributed by atoms with Crippen molar-refractivity contribution in [3.63, 3.8) is 0 Å². The first-order chi connectivity index (χ1) is 9.52. The summed E-state index contributed by atoms with van der Waals surface area (Å²) in [4.78, 5) is 21.4. The molecule has 0 amide bonds. The molecule has 0 heterocycles. The highest BCUT2D eigenvalue weighted by atomic mass is 16.6. The van der Waals surface area contributed by atoms with Gasteiger partial charge in [-0.2, -0.15) is 5.26 Å². The Morgan fingerprint density at radius 3 is 2.60 bits per heavy atom. The predicted molar refractivity (Wildman–Crippen MR) is 70.2 cm³/mol. The van der Waals surface area contributed by atoms with Crippen molar-refractivity contribution in [1.82, 2.24) is 0 Å². The van der Waals surface area contributed by atoms with Crippen LogP contribution in [0.3, 0.4) is 0 Å². The molecule has 2 aromatic carbocycles. The standard InChI is InChI=1S/C14H8N2O4/c15-8-9-4-5-12(13(6-9)14(17)18)10-2-1-3-11(7-10)16(19)20/h1-7H,(H,17,18). The number of aromatic carboxylic acids is 1. The van der Waals surface area contributed by atoms with Crippen molar-refractivity contribution in [3.8, 4) is 17.2 Å². The summed E-state index contributed by atoms with van der Waals surface area (Å²) in [7, 11) is 0. The van der Waals surface area contributed by atoms with Crippen LogP contribution in [0.4, 0.5) is 5.69 Å². The molecule has 6 heteroatoms. The van der Waals surface area contributed by atoms with Crippen LogP contribution in [0, 0.1) is 21.4 Å². The molecule has 0 fully saturated rings. The summed E-state index contributed by atoms with van der Waals surface area (Å²) in [5, 5.41) is 28.7. The number of benzene rings is 2. The van der Waals surface area contributed by atoms with E-state index in [1.54, 1.807) is 6.07 Å². The number of hydrogen-bond donors (Lipinski definition) is 1. The molecule has 0 saturated heterocycles. The molecule has 0 unspecified atom stereocenters. The molecule has 2 rings (SSSR count). The third kappa shape index (κ3) is 2.47. The Bertz CT molecular complexity index is 747. The van der Waals surface area contributed by atoms with Crippen LogP contribution in [0.15, 0.2) is 42.5 Å². The summed E-state index contributed by atoms with van der Waals surface area (Å²) in [6.45, 7) is 0. The van der Waals surface area contributed by atoms with Crippen molar-refractivity contribution in [2.45, 2.75) is 0 Å². The maximum Gasteiger partial charge on any atom is 0.336 e. The van der Waals surface area contributed by atoms with Gasteiger partial charge in [0.2, 0.25) is 0 Å². The minimum Gasteiger partial charge on any atom is -0.478 e. The summed E-state index contributed by atoms with van der Waals surface area (Å²) in [5.41, 5.74) is 0.783. The third-order valence-electron chi connectivity index (χ3n) is 2.75. The van der Waals surface area contributed by atoms with Crippen molar-refractivity contribution in [1.29, 1.82) is 5.26 Å². The topological polar surface area (TPSA) is 104 Å². The Hall–Kier alpha value is -3.20. The molecule has 0 aliphatic rings. The number of non-ortho nitro benzene ring substituents is 1. The van der Waals surface area contributed by atoms with Crippen LogP contribution in [0.2, 0.25) is 0 Å². The Kier molecular flexibility index (Phi) is 3.44. The van der Waals surface area contributed by atoms with Crippen LogP contribution < -0.4 is 0 Å². The maximum absolute atomic E-state index is 11.2. The minimum atomic E-state index is -1.19. The number of rotatable bonds is 3. The molecule has 0 aliphatic heterocycles. The molecule has 1 N–H and O–H groups in total. The van der Waals surface area contributed by atoms with Gasteiger partial charge in [0.1, 0.15) is 0 Å². The second-order valence-corrected chi connectivity index (χ2v) is 3.98. The summed E-state index contributed by atoms with van der Waals surface area (Å²) < 4.78 is 0. The normalized spacial score (nSPS) is 9.75. The highest BCUT2D eigenvalue weighted by molar-refractivity contribution is 5.96. The van der Waals surface area contributed by atoms with Crippen LogP contribution in [0.1, 0.15) is 15.9 Å². The molecule has 0 spiro atoms. The Balaban J connectivity index is 2.63. The van der Waals surface area contributed by atoms with Gasteiger partial charge in [0.15, 0.2) is 0 Å². The molecular formula is C14H8N2O4. The molecule has 0 atom stereocenters. The van der Waals surface area contributed by atoms with Gasteiger partial charge < -0.3 is 5.11 Å². The Morgan fingerprint density at radius 1 is 1.25 bits per heavy atom. The highest BCUT2D eigenvalue weighted by Gasteiger charge is 2.15. The van der Waals surface area contributed by atoms with Gasteiger partial charge in [-0.05, 0) is 23.3 Å². The van der Waals surface area contributed by atoms with Crippen molar-refractivity contribution in [3.05, 3.63) is 63.7 Å². The average molecular weight is 268 g/mol. The number of carboxylic acid groups (broad SMARTS) is 1. The summed E-state index contributed by atoms with van der Waals surface area (Å²) >= 11 is 0. The minimum absolute atomic E-state index is 0.0652. The van der Waals surface area contributed by atoms with Gasteiger partial charge in [-0.1, -0.05) is 18.2 Å². The number of carbonyl (C=O) groups is 1. The zero-order chi connectivity index (χ0) is 14.7. The third-order valence-corrected chi connectivity index (χ3v) is 2.75. The van der Waals surface area contributed by atoms with Crippen LogP contribution in [-0.2, 0) is 0 Å². The van der Waals surface area contributed by atoms with Gasteiger partial charge in [-0.25, -0.2) is 4.79 Å². The largest absolute Gasteiger partial charge is 0.478 e. The van der Waals surface area contributed by atoms with E-state index in [0.717, 1.165) is 0 Å². The second-order valence-electron chi connectivity index (χ2n) is 3.98. The number of nitro benzene ring substituents is 1. The molecule has 0 aliphatic carbocycles. The van der Waals surface area contributed by atoms with E-state index in [9.17, 15) is 20.0 Å². The lowest BCUT2D eigenvalue weighted by molar-refractivity contribution is -0.384. The lowest BCUT2D eigenvalue weighted by Gasteiger charge is -2.06. The molecule has 0 saturated carbocycles. The second kappa shape index (κ2) is 5.20. The number of carboxylic acids is 1. The zero-order valence-corrected chi connectivity index (χ0v) is 10.1. The van der Waals surface area contributed by atoms with E-state index in [2.05, 4.69) is 0 Å². The number of hydrogen-bond acceptors (Lipinski definition) is 4. The van der Waals surface area contributed by atoms with Crippen LogP contribution in [0.5, 0.6) is 0 Å². The number of nitriles is 1. The molecular weight excluding hydrogens is 260 g/mol. The average Bonchev–Trinajstić information content (AvgIpc) is 2.46. The van der Waals surface area contributed by atoms with Gasteiger partial charge in [0, 0.05) is 12.1 Å². The van der Waals surface area contributed by atoms with Crippen LogP contribution in [0.25, 0.3) is 11.1 Å². The van der Waals surface area contributed by atoms with Crippen molar-refractivity contribution in [2.24, 2.45) is 0 Å². The monoisotopic (exact) mass is 268 g/mol. The fraction of sp³-hybridized carbons (Fsp3) is 0. The van der Waals surface area contributed by atoms with Crippen molar-refractivity contribution >= 4 is 11.7 Å². The first kappa shape index (κ1) is 13.2. The summed E-state index contributed by atoms with van der Waals surface area (Å²) in [6.07, 6.45) is 0. The first-order valence-electron chi connectivity index (χ1n) is 5.55.